The zero-order valence-corrected chi connectivity index (χ0v) is 19.4. The van der Waals surface area contributed by atoms with Crippen LogP contribution < -0.4 is 16.6 Å². The molecule has 0 bridgehead atoms. The van der Waals surface area contributed by atoms with Crippen molar-refractivity contribution in [2.24, 2.45) is 14.1 Å². The molecule has 0 saturated heterocycles. The first kappa shape index (κ1) is 21.8. The number of amides is 1. The maximum atomic E-state index is 13.2. The number of nitrogens with one attached hydrogen (secondary N) is 1. The SMILES string of the molecule is Cc1c(CNC(=O)Cn2cnc3c2c(=O)n(C)c(=O)n3C)sc2nc(-c3ccc(F)cc3)cn12. The Morgan fingerprint density at radius 2 is 1.88 bits per heavy atom. The summed E-state index contributed by atoms with van der Waals surface area (Å²) in [5, 5.41) is 2.87. The Morgan fingerprint density at radius 1 is 1.15 bits per heavy atom. The molecule has 0 radical (unpaired) electrons. The molecule has 0 unspecified atom stereocenters. The van der Waals surface area contributed by atoms with Crippen molar-refractivity contribution in [3.8, 4) is 11.3 Å². The lowest BCUT2D eigenvalue weighted by atomic mass is 10.2. The number of nitrogens with zero attached hydrogens (tertiary/aromatic N) is 6. The first-order valence-corrected chi connectivity index (χ1v) is 11.2. The second-order valence-electron chi connectivity index (χ2n) is 7.92. The van der Waals surface area contributed by atoms with Crippen molar-refractivity contribution in [2.75, 3.05) is 0 Å². The first-order chi connectivity index (χ1) is 16.2. The number of aryl methyl sites for hydroxylation is 2. The van der Waals surface area contributed by atoms with Gasteiger partial charge in [0.2, 0.25) is 5.91 Å². The molecular weight excluding hydrogens is 461 g/mol. The summed E-state index contributed by atoms with van der Waals surface area (Å²) in [4.78, 5) is 47.7. The summed E-state index contributed by atoms with van der Waals surface area (Å²) < 4.78 is 18.8. The van der Waals surface area contributed by atoms with Crippen molar-refractivity contribution in [3.05, 3.63) is 74.0 Å². The minimum absolute atomic E-state index is 0.111. The van der Waals surface area contributed by atoms with Crippen LogP contribution in [0.15, 0.2) is 46.4 Å². The lowest BCUT2D eigenvalue weighted by Crippen LogP contribution is -2.38. The molecule has 1 amide bonds. The van der Waals surface area contributed by atoms with Gasteiger partial charge in [0.25, 0.3) is 5.56 Å². The molecule has 4 aromatic heterocycles. The van der Waals surface area contributed by atoms with Crippen molar-refractivity contribution in [1.82, 2.24) is 33.4 Å². The minimum Gasteiger partial charge on any atom is -0.350 e. The second-order valence-corrected chi connectivity index (χ2v) is 8.99. The minimum atomic E-state index is -0.504. The molecule has 174 valence electrons. The number of aromatic nitrogens is 6. The highest BCUT2D eigenvalue weighted by Crippen LogP contribution is 2.27. The summed E-state index contributed by atoms with van der Waals surface area (Å²) in [7, 11) is 2.91. The van der Waals surface area contributed by atoms with Crippen molar-refractivity contribution in [2.45, 2.75) is 20.0 Å². The van der Waals surface area contributed by atoms with Gasteiger partial charge in [-0.15, -0.1) is 0 Å². The molecule has 0 aliphatic rings. The van der Waals surface area contributed by atoms with E-state index in [2.05, 4.69) is 15.3 Å². The summed E-state index contributed by atoms with van der Waals surface area (Å²) in [6, 6.07) is 6.16. The smallest absolute Gasteiger partial charge is 0.332 e. The third-order valence-corrected chi connectivity index (χ3v) is 6.93. The van der Waals surface area contributed by atoms with Crippen molar-refractivity contribution in [1.29, 1.82) is 0 Å². The molecule has 12 heteroatoms. The third kappa shape index (κ3) is 3.52. The number of imidazole rings is 2. The van der Waals surface area contributed by atoms with Crippen LogP contribution >= 0.6 is 11.3 Å². The van der Waals surface area contributed by atoms with Gasteiger partial charge in [-0.05, 0) is 31.2 Å². The summed E-state index contributed by atoms with van der Waals surface area (Å²) in [5.41, 5.74) is 1.95. The Hall–Kier alpha value is -4.06. The number of halogens is 1. The lowest BCUT2D eigenvalue weighted by molar-refractivity contribution is -0.121. The second kappa shape index (κ2) is 8.06. The molecule has 5 aromatic rings. The van der Waals surface area contributed by atoms with Crippen LogP contribution in [0.1, 0.15) is 10.6 Å². The fourth-order valence-corrected chi connectivity index (χ4v) is 4.87. The Labute approximate surface area is 195 Å². The van der Waals surface area contributed by atoms with Crippen LogP contribution in [0.5, 0.6) is 0 Å². The number of hydrogen-bond acceptors (Lipinski definition) is 6. The summed E-state index contributed by atoms with van der Waals surface area (Å²) in [6.45, 7) is 2.13. The number of fused-ring (bicyclic) bond motifs is 2. The molecule has 4 heterocycles. The molecule has 10 nitrogen and oxygen atoms in total. The van der Waals surface area contributed by atoms with Crippen LogP contribution in [0.2, 0.25) is 0 Å². The van der Waals surface area contributed by atoms with E-state index in [0.29, 0.717) is 6.54 Å². The predicted octanol–water partition coefficient (Wildman–Crippen LogP) is 1.57. The largest absolute Gasteiger partial charge is 0.350 e. The number of thiazole rings is 1. The van der Waals surface area contributed by atoms with E-state index in [9.17, 15) is 18.8 Å². The van der Waals surface area contributed by atoms with E-state index in [1.807, 2.05) is 17.5 Å². The zero-order valence-electron chi connectivity index (χ0n) is 18.6. The normalized spacial score (nSPS) is 11.5. The molecule has 0 spiro atoms. The van der Waals surface area contributed by atoms with Crippen molar-refractivity contribution < 1.29 is 9.18 Å². The first-order valence-electron chi connectivity index (χ1n) is 10.4. The van der Waals surface area contributed by atoms with Gasteiger partial charge in [0.15, 0.2) is 16.1 Å². The lowest BCUT2D eigenvalue weighted by Gasteiger charge is -2.07. The Kier molecular flexibility index (Phi) is 5.16. The molecule has 0 aliphatic heterocycles. The summed E-state index contributed by atoms with van der Waals surface area (Å²) >= 11 is 1.46. The maximum Gasteiger partial charge on any atom is 0.332 e. The van der Waals surface area contributed by atoms with Crippen LogP contribution in [-0.2, 0) is 32.0 Å². The molecule has 0 aliphatic carbocycles. The van der Waals surface area contributed by atoms with Crippen molar-refractivity contribution >= 4 is 33.4 Å². The van der Waals surface area contributed by atoms with Gasteiger partial charge in [-0.2, -0.15) is 0 Å². The van der Waals surface area contributed by atoms with Gasteiger partial charge >= 0.3 is 5.69 Å². The number of hydrogen-bond donors (Lipinski definition) is 1. The quantitative estimate of drug-likeness (QED) is 0.410. The molecule has 0 saturated carbocycles. The van der Waals surface area contributed by atoms with Crippen LogP contribution in [0.4, 0.5) is 4.39 Å². The van der Waals surface area contributed by atoms with Gasteiger partial charge < -0.3 is 9.88 Å². The van der Waals surface area contributed by atoms with Gasteiger partial charge in [-0.3, -0.25) is 23.1 Å². The summed E-state index contributed by atoms with van der Waals surface area (Å²) in [5.74, 6) is -0.597. The van der Waals surface area contributed by atoms with Gasteiger partial charge in [0.05, 0.1) is 18.6 Å². The fraction of sp³-hybridized carbons (Fsp3) is 0.227. The Balaban J connectivity index is 1.33. The average molecular weight is 482 g/mol. The predicted molar refractivity (Wildman–Crippen MR) is 125 cm³/mol. The standard InChI is InChI=1S/C22H20FN7O3S/c1-12-16(34-21-26-15(9-30(12)21)13-4-6-14(23)7-5-13)8-24-17(31)10-29-11-25-19-18(29)20(32)28(3)22(33)27(19)2/h4-7,9,11H,8,10H2,1-3H3,(H,24,31). The monoisotopic (exact) mass is 481 g/mol. The summed E-state index contributed by atoms with van der Waals surface area (Å²) in [6.07, 6.45) is 3.27. The molecule has 34 heavy (non-hydrogen) atoms. The average Bonchev–Trinajstić information content (AvgIpc) is 3.50. The van der Waals surface area contributed by atoms with Crippen LogP contribution in [0.25, 0.3) is 27.4 Å². The highest BCUT2D eigenvalue weighted by Gasteiger charge is 2.17. The molecule has 1 N–H and O–H groups in total. The van der Waals surface area contributed by atoms with Crippen LogP contribution in [-0.4, -0.2) is 34.0 Å². The zero-order chi connectivity index (χ0) is 24.1. The van der Waals surface area contributed by atoms with Gasteiger partial charge in [-0.25, -0.2) is 19.2 Å². The van der Waals surface area contributed by atoms with Gasteiger partial charge in [0.1, 0.15) is 12.4 Å². The van der Waals surface area contributed by atoms with E-state index in [-0.39, 0.29) is 29.4 Å². The number of rotatable bonds is 5. The van der Waals surface area contributed by atoms with Gasteiger partial charge in [0, 0.05) is 36.4 Å². The molecule has 0 atom stereocenters. The maximum absolute atomic E-state index is 13.2. The van der Waals surface area contributed by atoms with Crippen LogP contribution in [0, 0.1) is 12.7 Å². The highest BCUT2D eigenvalue weighted by atomic mass is 32.1. The highest BCUT2D eigenvalue weighted by molar-refractivity contribution is 7.17. The fourth-order valence-electron chi connectivity index (χ4n) is 3.82. The molecule has 5 rings (SSSR count). The molecule has 1 aromatic carbocycles. The third-order valence-electron chi connectivity index (χ3n) is 5.77. The number of benzene rings is 1. The van der Waals surface area contributed by atoms with Gasteiger partial charge in [-0.1, -0.05) is 11.3 Å². The number of carbonyl (C=O) groups is 1. The Bertz CT molecular complexity index is 1690. The molecule has 0 fully saturated rings. The van der Waals surface area contributed by atoms with Crippen molar-refractivity contribution in [3.63, 3.8) is 0 Å². The molecular formula is C22H20FN7O3S. The van der Waals surface area contributed by atoms with E-state index in [4.69, 9.17) is 0 Å². The van der Waals surface area contributed by atoms with E-state index < -0.39 is 11.2 Å². The van der Waals surface area contributed by atoms with Crippen LogP contribution in [0.3, 0.4) is 0 Å². The van der Waals surface area contributed by atoms with E-state index in [0.717, 1.165) is 31.4 Å². The van der Waals surface area contributed by atoms with E-state index >= 15 is 0 Å². The number of carbonyl (C=O) groups excluding carboxylic acids is 1. The topological polar surface area (TPSA) is 108 Å². The Morgan fingerprint density at radius 3 is 2.59 bits per heavy atom. The van der Waals surface area contributed by atoms with E-state index in [1.54, 1.807) is 12.1 Å². The van der Waals surface area contributed by atoms with E-state index in [1.165, 1.54) is 53.0 Å².